The second kappa shape index (κ2) is 6.46. The summed E-state index contributed by atoms with van der Waals surface area (Å²) >= 11 is 0. The predicted octanol–water partition coefficient (Wildman–Crippen LogP) is 0.814. The zero-order valence-electron chi connectivity index (χ0n) is 11.2. The summed E-state index contributed by atoms with van der Waals surface area (Å²) in [4.78, 5) is 44.5. The number of imide groups is 1. The van der Waals surface area contributed by atoms with Crippen LogP contribution >= 0.6 is 0 Å². The van der Waals surface area contributed by atoms with Gasteiger partial charge in [0.2, 0.25) is 5.91 Å². The monoisotopic (exact) mass is 279 g/mol. The molecular weight excluding hydrogens is 266 g/mol. The molecule has 0 heterocycles. The zero-order valence-corrected chi connectivity index (χ0v) is 11.2. The lowest BCUT2D eigenvalue weighted by atomic mass is 10.1. The molecule has 0 unspecified atom stereocenters. The minimum absolute atomic E-state index is 0.0219. The van der Waals surface area contributed by atoms with Crippen LogP contribution in [0.4, 0.5) is 0 Å². The summed E-state index contributed by atoms with van der Waals surface area (Å²) in [5.74, 6) is -2.46. The van der Waals surface area contributed by atoms with Gasteiger partial charge in [-0.25, -0.2) is 0 Å². The highest BCUT2D eigenvalue weighted by Crippen LogP contribution is 2.25. The van der Waals surface area contributed by atoms with Crippen LogP contribution < -0.4 is 14.8 Å². The van der Waals surface area contributed by atoms with E-state index >= 15 is 0 Å². The molecule has 0 aliphatic carbocycles. The molecule has 0 aromatic heterocycles. The van der Waals surface area contributed by atoms with Crippen LogP contribution in [-0.2, 0) is 14.4 Å². The normalized spacial score (nSPS) is 9.55. The third-order valence-corrected chi connectivity index (χ3v) is 2.00. The molecule has 1 aromatic rings. The summed E-state index contributed by atoms with van der Waals surface area (Å²) in [6.07, 6.45) is 0. The summed E-state index contributed by atoms with van der Waals surface area (Å²) in [7, 11) is 0. The van der Waals surface area contributed by atoms with E-state index in [9.17, 15) is 19.2 Å². The lowest BCUT2D eigenvalue weighted by Crippen LogP contribution is -2.28. The number of nitrogens with one attached hydrogen (secondary N) is 1. The van der Waals surface area contributed by atoms with Gasteiger partial charge in [0, 0.05) is 26.8 Å². The molecule has 0 radical (unpaired) electrons. The van der Waals surface area contributed by atoms with E-state index in [-0.39, 0.29) is 17.1 Å². The molecule has 1 rings (SSSR count). The highest BCUT2D eigenvalue weighted by atomic mass is 16.5. The van der Waals surface area contributed by atoms with Gasteiger partial charge in [0.25, 0.3) is 5.91 Å². The number of carbonyl (C=O) groups is 4. The van der Waals surface area contributed by atoms with Crippen molar-refractivity contribution < 1.29 is 28.7 Å². The molecule has 0 saturated heterocycles. The Morgan fingerprint density at radius 3 is 2.05 bits per heavy atom. The van der Waals surface area contributed by atoms with Crippen LogP contribution in [-0.4, -0.2) is 23.8 Å². The van der Waals surface area contributed by atoms with Crippen molar-refractivity contribution in [2.24, 2.45) is 0 Å². The first-order valence-corrected chi connectivity index (χ1v) is 5.62. The summed E-state index contributed by atoms with van der Waals surface area (Å²) < 4.78 is 9.69. The van der Waals surface area contributed by atoms with Crippen LogP contribution in [0.1, 0.15) is 31.1 Å². The number of rotatable bonds is 3. The van der Waals surface area contributed by atoms with Crippen molar-refractivity contribution in [3.8, 4) is 11.5 Å². The van der Waals surface area contributed by atoms with Crippen LogP contribution in [0, 0.1) is 0 Å². The maximum absolute atomic E-state index is 11.8. The molecule has 0 spiro atoms. The Hall–Kier alpha value is -2.70. The minimum atomic E-state index is -0.719. The van der Waals surface area contributed by atoms with Crippen molar-refractivity contribution in [2.45, 2.75) is 20.8 Å². The van der Waals surface area contributed by atoms with E-state index in [1.54, 1.807) is 0 Å². The van der Waals surface area contributed by atoms with Gasteiger partial charge in [-0.1, -0.05) is 0 Å². The van der Waals surface area contributed by atoms with E-state index in [0.717, 1.165) is 6.92 Å². The topological polar surface area (TPSA) is 98.8 Å². The van der Waals surface area contributed by atoms with Crippen LogP contribution in [0.3, 0.4) is 0 Å². The van der Waals surface area contributed by atoms with Crippen LogP contribution in [0.2, 0.25) is 0 Å². The Morgan fingerprint density at radius 1 is 0.950 bits per heavy atom. The number of esters is 2. The first-order valence-electron chi connectivity index (χ1n) is 5.62. The first-order chi connectivity index (χ1) is 9.29. The van der Waals surface area contributed by atoms with Crippen LogP contribution in [0.15, 0.2) is 18.2 Å². The third-order valence-electron chi connectivity index (χ3n) is 2.00. The van der Waals surface area contributed by atoms with Crippen molar-refractivity contribution in [2.75, 3.05) is 0 Å². The van der Waals surface area contributed by atoms with Gasteiger partial charge in [-0.15, -0.1) is 0 Å². The number of benzene rings is 1. The second-order valence-electron chi connectivity index (χ2n) is 3.86. The molecule has 20 heavy (non-hydrogen) atoms. The average molecular weight is 279 g/mol. The fraction of sp³-hybridized carbons (Fsp3) is 0.231. The fourth-order valence-electron chi connectivity index (χ4n) is 1.39. The minimum Gasteiger partial charge on any atom is -0.427 e. The fourth-order valence-corrected chi connectivity index (χ4v) is 1.39. The highest BCUT2D eigenvalue weighted by Gasteiger charge is 2.16. The molecule has 7 heteroatoms. The second-order valence-corrected chi connectivity index (χ2v) is 3.86. The van der Waals surface area contributed by atoms with Gasteiger partial charge in [0.05, 0.1) is 5.56 Å². The number of carbonyl (C=O) groups excluding carboxylic acids is 4. The predicted molar refractivity (Wildman–Crippen MR) is 67.2 cm³/mol. The van der Waals surface area contributed by atoms with Gasteiger partial charge in [-0.3, -0.25) is 24.5 Å². The molecule has 0 aliphatic rings. The van der Waals surface area contributed by atoms with Crippen molar-refractivity contribution in [1.29, 1.82) is 0 Å². The van der Waals surface area contributed by atoms with Gasteiger partial charge in [-0.2, -0.15) is 0 Å². The largest absolute Gasteiger partial charge is 0.427 e. The molecule has 1 aromatic carbocycles. The van der Waals surface area contributed by atoms with Gasteiger partial charge in [0.1, 0.15) is 11.5 Å². The van der Waals surface area contributed by atoms with Crippen molar-refractivity contribution >= 4 is 23.8 Å². The van der Waals surface area contributed by atoms with Gasteiger partial charge < -0.3 is 9.47 Å². The molecule has 0 saturated carbocycles. The molecule has 0 aliphatic heterocycles. The molecule has 7 nitrogen and oxygen atoms in total. The van der Waals surface area contributed by atoms with Crippen LogP contribution in [0.25, 0.3) is 0 Å². The molecule has 2 amide bonds. The number of amides is 2. The van der Waals surface area contributed by atoms with E-state index < -0.39 is 23.8 Å². The lowest BCUT2D eigenvalue weighted by molar-refractivity contribution is -0.132. The SMILES string of the molecule is CC(=O)NC(=O)c1ccc(OC(C)=O)cc1OC(C)=O. The number of hydrogen-bond acceptors (Lipinski definition) is 6. The summed E-state index contributed by atoms with van der Waals surface area (Å²) in [5, 5.41) is 2.06. The Bertz CT molecular complexity index is 578. The van der Waals surface area contributed by atoms with E-state index in [1.807, 2.05) is 0 Å². The zero-order chi connectivity index (χ0) is 15.3. The average Bonchev–Trinajstić information content (AvgIpc) is 2.26. The molecule has 0 bridgehead atoms. The van der Waals surface area contributed by atoms with Crippen molar-refractivity contribution in [3.63, 3.8) is 0 Å². The van der Waals surface area contributed by atoms with Gasteiger partial charge in [-0.05, 0) is 12.1 Å². The Balaban J connectivity index is 3.15. The van der Waals surface area contributed by atoms with Gasteiger partial charge >= 0.3 is 11.9 Å². The maximum Gasteiger partial charge on any atom is 0.308 e. The standard InChI is InChI=1S/C13H13NO6/c1-7(15)14-13(18)11-5-4-10(19-8(2)16)6-12(11)20-9(3)17/h4-6H,1-3H3,(H,14,15,18). The van der Waals surface area contributed by atoms with E-state index in [4.69, 9.17) is 9.47 Å². The van der Waals surface area contributed by atoms with E-state index in [1.165, 1.54) is 32.0 Å². The van der Waals surface area contributed by atoms with E-state index in [0.29, 0.717) is 0 Å². The molecular formula is C13H13NO6. The molecule has 1 N–H and O–H groups in total. The molecule has 106 valence electrons. The summed E-state index contributed by atoms with van der Waals surface area (Å²) in [6, 6.07) is 3.86. The van der Waals surface area contributed by atoms with E-state index in [2.05, 4.69) is 5.32 Å². The van der Waals surface area contributed by atoms with Crippen molar-refractivity contribution in [3.05, 3.63) is 23.8 Å². The highest BCUT2D eigenvalue weighted by molar-refractivity contribution is 6.06. The Labute approximate surface area is 114 Å². The number of ether oxygens (including phenoxy) is 2. The number of hydrogen-bond donors (Lipinski definition) is 1. The van der Waals surface area contributed by atoms with Crippen molar-refractivity contribution in [1.82, 2.24) is 5.32 Å². The summed E-state index contributed by atoms with van der Waals surface area (Å²) in [6.45, 7) is 3.55. The van der Waals surface area contributed by atoms with Gasteiger partial charge in [0.15, 0.2) is 0 Å². The lowest BCUT2D eigenvalue weighted by Gasteiger charge is -2.10. The Kier molecular flexibility index (Phi) is 4.96. The molecule has 0 fully saturated rings. The third kappa shape index (κ3) is 4.52. The Morgan fingerprint density at radius 2 is 1.55 bits per heavy atom. The first kappa shape index (κ1) is 15.4. The van der Waals surface area contributed by atoms with Crippen LogP contribution in [0.5, 0.6) is 11.5 Å². The smallest absolute Gasteiger partial charge is 0.308 e. The maximum atomic E-state index is 11.8. The quantitative estimate of drug-likeness (QED) is 0.649. The summed E-state index contributed by atoms with van der Waals surface area (Å²) in [5.41, 5.74) is -0.0219. The molecule has 0 atom stereocenters.